The number of carboxylic acids is 1. The fourth-order valence-corrected chi connectivity index (χ4v) is 3.63. The summed E-state index contributed by atoms with van der Waals surface area (Å²) in [4.78, 5) is 38.3. The number of nitrogens with zero attached hydrogens (tertiary/aromatic N) is 2. The number of likely N-dealkylation sites (N-methyl/N-ethyl adjacent to an activating group) is 2. The number of rotatable bonds is 5. The molecule has 1 N–H and O–H groups in total. The summed E-state index contributed by atoms with van der Waals surface area (Å²) in [6.07, 6.45) is 1.54. The van der Waals surface area contributed by atoms with Gasteiger partial charge in [-0.3, -0.25) is 19.4 Å². The molecule has 154 valence electrons. The summed E-state index contributed by atoms with van der Waals surface area (Å²) in [5.74, 6) is -1.22. The lowest BCUT2D eigenvalue weighted by atomic mass is 10.1. The third-order valence-corrected chi connectivity index (χ3v) is 5.90. The third-order valence-electron chi connectivity index (χ3n) is 4.51. The lowest BCUT2D eigenvalue weighted by Crippen LogP contribution is -2.52. The van der Waals surface area contributed by atoms with Gasteiger partial charge in [0, 0.05) is 14.1 Å². The van der Waals surface area contributed by atoms with Gasteiger partial charge in [0.15, 0.2) is 5.11 Å². The maximum absolute atomic E-state index is 12.4. The van der Waals surface area contributed by atoms with Gasteiger partial charge in [0.05, 0.1) is 9.13 Å². The number of thiocarbonyl (C=S) groups is 1. The molecule has 30 heavy (non-hydrogen) atoms. The quantitative estimate of drug-likeness (QED) is 0.274. The molecule has 0 bridgehead atoms. The van der Waals surface area contributed by atoms with E-state index in [4.69, 9.17) is 22.1 Å². The molecule has 0 unspecified atom stereocenters. The Labute approximate surface area is 192 Å². The molecule has 0 saturated carbocycles. The molecule has 7 nitrogen and oxygen atoms in total. The first kappa shape index (κ1) is 21.9. The Hall–Kier alpha value is -2.79. The van der Waals surface area contributed by atoms with Crippen molar-refractivity contribution in [1.82, 2.24) is 9.80 Å². The maximum atomic E-state index is 12.4. The molecular weight excluding hydrogens is 519 g/mol. The minimum atomic E-state index is -0.976. The minimum absolute atomic E-state index is 0.0385. The molecule has 0 radical (unpaired) electrons. The van der Waals surface area contributed by atoms with Crippen LogP contribution in [0.4, 0.5) is 0 Å². The van der Waals surface area contributed by atoms with E-state index in [1.54, 1.807) is 24.3 Å². The number of hydrogen-bond donors (Lipinski definition) is 1. The van der Waals surface area contributed by atoms with Crippen molar-refractivity contribution < 1.29 is 24.2 Å². The SMILES string of the molecule is CN1C(=O)C(=Cc2ccc(OCc3ccc(C(=O)O)cc3)c(I)c2)C(=O)N(C)C1=S. The van der Waals surface area contributed by atoms with Gasteiger partial charge in [-0.25, -0.2) is 4.79 Å². The zero-order valence-corrected chi connectivity index (χ0v) is 19.1. The van der Waals surface area contributed by atoms with Crippen molar-refractivity contribution in [2.24, 2.45) is 0 Å². The largest absolute Gasteiger partial charge is 0.488 e. The van der Waals surface area contributed by atoms with Crippen LogP contribution in [0.5, 0.6) is 5.75 Å². The van der Waals surface area contributed by atoms with Gasteiger partial charge < -0.3 is 9.84 Å². The van der Waals surface area contributed by atoms with E-state index in [1.165, 1.54) is 42.1 Å². The fraction of sp³-hybridized carbons (Fsp3) is 0.143. The smallest absolute Gasteiger partial charge is 0.335 e. The number of aromatic carboxylic acids is 1. The monoisotopic (exact) mass is 536 g/mol. The van der Waals surface area contributed by atoms with Gasteiger partial charge in [0.2, 0.25) is 0 Å². The van der Waals surface area contributed by atoms with Crippen LogP contribution in [-0.2, 0) is 16.2 Å². The highest BCUT2D eigenvalue weighted by Crippen LogP contribution is 2.25. The highest BCUT2D eigenvalue weighted by atomic mass is 127. The average Bonchev–Trinajstić information content (AvgIpc) is 2.73. The van der Waals surface area contributed by atoms with E-state index in [9.17, 15) is 14.4 Å². The molecule has 1 heterocycles. The Morgan fingerprint density at radius 1 is 1.10 bits per heavy atom. The second-order valence-corrected chi connectivity index (χ2v) is 8.08. The molecule has 3 rings (SSSR count). The molecule has 9 heteroatoms. The summed E-state index contributed by atoms with van der Waals surface area (Å²) in [5, 5.41) is 9.11. The predicted octanol–water partition coefficient (Wildman–Crippen LogP) is 3.17. The van der Waals surface area contributed by atoms with Crippen LogP contribution in [0.2, 0.25) is 0 Å². The number of benzene rings is 2. The van der Waals surface area contributed by atoms with E-state index >= 15 is 0 Å². The molecule has 2 aromatic rings. The van der Waals surface area contributed by atoms with Crippen molar-refractivity contribution in [1.29, 1.82) is 0 Å². The van der Waals surface area contributed by atoms with Gasteiger partial charge in [-0.15, -0.1) is 0 Å². The summed E-state index contributed by atoms with van der Waals surface area (Å²) in [6.45, 7) is 0.278. The van der Waals surface area contributed by atoms with Crippen molar-refractivity contribution in [3.63, 3.8) is 0 Å². The van der Waals surface area contributed by atoms with Crippen LogP contribution in [0.25, 0.3) is 6.08 Å². The topological polar surface area (TPSA) is 87.1 Å². The van der Waals surface area contributed by atoms with Crippen LogP contribution in [0, 0.1) is 3.57 Å². The highest BCUT2D eigenvalue weighted by Gasteiger charge is 2.35. The first-order chi connectivity index (χ1) is 14.2. The third kappa shape index (κ3) is 4.51. The van der Waals surface area contributed by atoms with Gasteiger partial charge in [0.25, 0.3) is 11.8 Å². The van der Waals surface area contributed by atoms with Crippen LogP contribution < -0.4 is 4.74 Å². The lowest BCUT2D eigenvalue weighted by molar-refractivity contribution is -0.132. The maximum Gasteiger partial charge on any atom is 0.335 e. The number of hydrogen-bond acceptors (Lipinski definition) is 5. The Balaban J connectivity index is 1.75. The van der Waals surface area contributed by atoms with Gasteiger partial charge in [-0.1, -0.05) is 18.2 Å². The Morgan fingerprint density at radius 3 is 2.23 bits per heavy atom. The molecule has 2 aromatic carbocycles. The zero-order chi connectivity index (χ0) is 22.0. The van der Waals surface area contributed by atoms with Crippen LogP contribution >= 0.6 is 34.8 Å². The van der Waals surface area contributed by atoms with Crippen molar-refractivity contribution in [2.45, 2.75) is 6.61 Å². The van der Waals surface area contributed by atoms with Crippen molar-refractivity contribution in [3.8, 4) is 5.75 Å². The Kier molecular flexibility index (Phi) is 6.52. The normalized spacial score (nSPS) is 14.2. The fourth-order valence-electron chi connectivity index (χ4n) is 2.77. The summed E-state index contributed by atoms with van der Waals surface area (Å²) in [5.41, 5.74) is 1.78. The highest BCUT2D eigenvalue weighted by molar-refractivity contribution is 14.1. The minimum Gasteiger partial charge on any atom is -0.488 e. The van der Waals surface area contributed by atoms with Gasteiger partial charge in [0.1, 0.15) is 17.9 Å². The number of amides is 2. The van der Waals surface area contributed by atoms with E-state index in [0.717, 1.165) is 9.13 Å². The molecule has 1 saturated heterocycles. The summed E-state index contributed by atoms with van der Waals surface area (Å²) >= 11 is 7.20. The van der Waals surface area contributed by atoms with E-state index in [1.807, 2.05) is 6.07 Å². The van der Waals surface area contributed by atoms with E-state index < -0.39 is 17.8 Å². The molecule has 0 spiro atoms. The summed E-state index contributed by atoms with van der Waals surface area (Å²) in [7, 11) is 3.07. The molecule has 1 fully saturated rings. The van der Waals surface area contributed by atoms with Gasteiger partial charge in [-0.2, -0.15) is 0 Å². The molecule has 0 aromatic heterocycles. The number of ether oxygens (including phenoxy) is 1. The lowest BCUT2D eigenvalue weighted by Gasteiger charge is -2.31. The molecule has 2 amide bonds. The van der Waals surface area contributed by atoms with Crippen LogP contribution in [0.3, 0.4) is 0 Å². The van der Waals surface area contributed by atoms with Gasteiger partial charge >= 0.3 is 5.97 Å². The molecule has 1 aliphatic heterocycles. The second kappa shape index (κ2) is 8.92. The van der Waals surface area contributed by atoms with E-state index in [2.05, 4.69) is 22.6 Å². The average molecular weight is 536 g/mol. The second-order valence-electron chi connectivity index (χ2n) is 6.55. The number of carbonyl (C=O) groups excluding carboxylic acids is 2. The van der Waals surface area contributed by atoms with Crippen molar-refractivity contribution in [2.75, 3.05) is 14.1 Å². The zero-order valence-electron chi connectivity index (χ0n) is 16.1. The first-order valence-corrected chi connectivity index (χ1v) is 10.2. The predicted molar refractivity (Wildman–Crippen MR) is 123 cm³/mol. The van der Waals surface area contributed by atoms with Gasteiger partial charge in [-0.05, 0) is 76.3 Å². The number of carbonyl (C=O) groups is 3. The number of halogens is 1. The standard InChI is InChI=1S/C21H17IN2O5S/c1-23-18(25)15(19(26)24(2)21(23)30)9-13-5-8-17(16(22)10-13)29-11-12-3-6-14(7-4-12)20(27)28/h3-10H,11H2,1-2H3,(H,27,28). The molecular formula is C21H17IN2O5S. The number of carboxylic acid groups (broad SMARTS) is 1. The van der Waals surface area contributed by atoms with Crippen LogP contribution in [-0.4, -0.2) is 51.9 Å². The van der Waals surface area contributed by atoms with E-state index in [-0.39, 0.29) is 22.9 Å². The van der Waals surface area contributed by atoms with Crippen LogP contribution in [0.15, 0.2) is 48.0 Å². The summed E-state index contributed by atoms with van der Waals surface area (Å²) in [6, 6.07) is 11.8. The molecule has 0 atom stereocenters. The van der Waals surface area contributed by atoms with E-state index in [0.29, 0.717) is 11.3 Å². The summed E-state index contributed by atoms with van der Waals surface area (Å²) < 4.78 is 6.62. The molecule has 1 aliphatic rings. The van der Waals surface area contributed by atoms with Crippen LogP contribution in [0.1, 0.15) is 21.5 Å². The molecule has 0 aliphatic carbocycles. The Morgan fingerprint density at radius 2 is 1.70 bits per heavy atom. The van der Waals surface area contributed by atoms with Crippen molar-refractivity contribution in [3.05, 3.63) is 68.3 Å². The Bertz CT molecular complexity index is 1060. The first-order valence-electron chi connectivity index (χ1n) is 8.75. The van der Waals surface area contributed by atoms with Crippen molar-refractivity contribution >= 4 is 63.8 Å².